The molecular weight excluding hydrogens is 184 g/mol. The van der Waals surface area contributed by atoms with Crippen molar-refractivity contribution in [3.05, 3.63) is 42.5 Å². The molecule has 1 nitrogen and oxygen atoms in total. The first-order chi connectivity index (χ1) is 7.26. The summed E-state index contributed by atoms with van der Waals surface area (Å²) in [6.07, 6.45) is 4.09. The normalized spacial score (nSPS) is 12.1. The van der Waals surface area contributed by atoms with Crippen molar-refractivity contribution in [3.63, 3.8) is 0 Å². The third-order valence-electron chi connectivity index (χ3n) is 2.36. The summed E-state index contributed by atoms with van der Waals surface area (Å²) >= 11 is 0. The van der Waals surface area contributed by atoms with E-state index >= 15 is 0 Å². The Kier molecular flexibility index (Phi) is 4.96. The van der Waals surface area contributed by atoms with E-state index in [0.29, 0.717) is 5.92 Å². The molecule has 0 saturated heterocycles. The second-order valence-electron chi connectivity index (χ2n) is 3.91. The molecule has 0 bridgehead atoms. The van der Waals surface area contributed by atoms with E-state index in [1.165, 1.54) is 5.56 Å². The summed E-state index contributed by atoms with van der Waals surface area (Å²) < 4.78 is 5.52. The molecule has 0 aliphatic heterocycles. The van der Waals surface area contributed by atoms with Gasteiger partial charge in [0.25, 0.3) is 0 Å². The number of hydrogen-bond donors (Lipinski definition) is 0. The Morgan fingerprint density at radius 2 is 2.00 bits per heavy atom. The lowest BCUT2D eigenvalue weighted by molar-refractivity contribution is 0.317. The van der Waals surface area contributed by atoms with Crippen molar-refractivity contribution in [1.29, 1.82) is 0 Å². The van der Waals surface area contributed by atoms with E-state index in [1.54, 1.807) is 0 Å². The average Bonchev–Trinajstić information content (AvgIpc) is 2.28. The van der Waals surface area contributed by atoms with E-state index in [9.17, 15) is 0 Å². The zero-order valence-corrected chi connectivity index (χ0v) is 9.70. The first-order valence-electron chi connectivity index (χ1n) is 5.60. The zero-order valence-electron chi connectivity index (χ0n) is 9.70. The predicted molar refractivity (Wildman–Crippen MR) is 65.3 cm³/mol. The number of allylic oxidation sites excluding steroid dienone is 1. The number of hydrogen-bond acceptors (Lipinski definition) is 1. The van der Waals surface area contributed by atoms with Gasteiger partial charge in [-0.1, -0.05) is 32.1 Å². The highest BCUT2D eigenvalue weighted by molar-refractivity contribution is 5.27. The van der Waals surface area contributed by atoms with Gasteiger partial charge in [-0.25, -0.2) is 0 Å². The van der Waals surface area contributed by atoms with Gasteiger partial charge in [0.05, 0.1) is 6.61 Å². The van der Waals surface area contributed by atoms with Gasteiger partial charge in [-0.2, -0.15) is 0 Å². The van der Waals surface area contributed by atoms with E-state index < -0.39 is 0 Å². The maximum absolute atomic E-state index is 5.52. The maximum atomic E-state index is 5.52. The van der Waals surface area contributed by atoms with E-state index in [0.717, 1.165) is 25.2 Å². The second-order valence-corrected chi connectivity index (χ2v) is 3.91. The summed E-state index contributed by atoms with van der Waals surface area (Å²) in [5.74, 6) is 1.50. The van der Waals surface area contributed by atoms with Gasteiger partial charge in [0, 0.05) is 0 Å². The molecule has 1 heteroatoms. The van der Waals surface area contributed by atoms with Crippen LogP contribution in [0.25, 0.3) is 0 Å². The van der Waals surface area contributed by atoms with E-state index in [-0.39, 0.29) is 0 Å². The van der Waals surface area contributed by atoms with Gasteiger partial charge >= 0.3 is 0 Å². The zero-order chi connectivity index (χ0) is 11.1. The van der Waals surface area contributed by atoms with Crippen LogP contribution in [0.4, 0.5) is 0 Å². The van der Waals surface area contributed by atoms with Crippen molar-refractivity contribution >= 4 is 0 Å². The third kappa shape index (κ3) is 4.20. The minimum Gasteiger partial charge on any atom is -0.494 e. The molecule has 0 fully saturated rings. The molecule has 1 aromatic rings. The van der Waals surface area contributed by atoms with Crippen molar-refractivity contribution in [2.24, 2.45) is 5.92 Å². The van der Waals surface area contributed by atoms with Crippen LogP contribution in [0.1, 0.15) is 25.8 Å². The summed E-state index contributed by atoms with van der Waals surface area (Å²) in [6.45, 7) is 8.87. The van der Waals surface area contributed by atoms with Crippen molar-refractivity contribution in [1.82, 2.24) is 0 Å². The highest BCUT2D eigenvalue weighted by Gasteiger charge is 1.99. The smallest absolute Gasteiger partial charge is 0.119 e. The molecule has 0 radical (unpaired) electrons. The Morgan fingerprint density at radius 3 is 2.53 bits per heavy atom. The van der Waals surface area contributed by atoms with Crippen LogP contribution >= 0.6 is 0 Å². The number of ether oxygens (including phenoxy) is 1. The summed E-state index contributed by atoms with van der Waals surface area (Å²) in [6, 6.07) is 8.34. The van der Waals surface area contributed by atoms with Gasteiger partial charge in [-0.05, 0) is 36.5 Å². The molecule has 0 aliphatic rings. The lowest BCUT2D eigenvalue weighted by Crippen LogP contribution is -1.97. The van der Waals surface area contributed by atoms with Crippen molar-refractivity contribution in [2.75, 3.05) is 6.61 Å². The van der Waals surface area contributed by atoms with Crippen LogP contribution in [-0.2, 0) is 6.42 Å². The summed E-state index contributed by atoms with van der Waals surface area (Å²) in [7, 11) is 0. The first-order valence-corrected chi connectivity index (χ1v) is 5.60. The summed E-state index contributed by atoms with van der Waals surface area (Å²) in [5, 5.41) is 0. The third-order valence-corrected chi connectivity index (χ3v) is 2.36. The van der Waals surface area contributed by atoms with E-state index in [1.807, 2.05) is 18.2 Å². The van der Waals surface area contributed by atoms with Crippen molar-refractivity contribution < 1.29 is 4.74 Å². The Bertz CT molecular complexity index is 287. The van der Waals surface area contributed by atoms with Crippen LogP contribution in [0.15, 0.2) is 36.9 Å². The van der Waals surface area contributed by atoms with Gasteiger partial charge < -0.3 is 4.74 Å². The predicted octanol–water partition coefficient (Wildman–Crippen LogP) is 3.84. The minimum atomic E-state index is 0.535. The fourth-order valence-electron chi connectivity index (χ4n) is 1.40. The molecule has 15 heavy (non-hydrogen) atoms. The molecule has 0 spiro atoms. The monoisotopic (exact) mass is 204 g/mol. The molecule has 0 heterocycles. The SMILES string of the molecule is C=CC(C)Cc1ccc(OCCC)cc1. The Labute approximate surface area is 92.8 Å². The molecule has 1 aromatic carbocycles. The van der Waals surface area contributed by atoms with Gasteiger partial charge in [0.1, 0.15) is 5.75 Å². The van der Waals surface area contributed by atoms with Crippen LogP contribution < -0.4 is 4.74 Å². The fraction of sp³-hybridized carbons (Fsp3) is 0.429. The molecular formula is C14H20O. The summed E-state index contributed by atoms with van der Waals surface area (Å²) in [4.78, 5) is 0. The van der Waals surface area contributed by atoms with E-state index in [2.05, 4.69) is 32.6 Å². The van der Waals surface area contributed by atoms with Crippen molar-refractivity contribution in [2.45, 2.75) is 26.7 Å². The Balaban J connectivity index is 2.52. The van der Waals surface area contributed by atoms with Crippen LogP contribution in [-0.4, -0.2) is 6.61 Å². The maximum Gasteiger partial charge on any atom is 0.119 e. The average molecular weight is 204 g/mol. The van der Waals surface area contributed by atoms with Gasteiger partial charge in [0.15, 0.2) is 0 Å². The van der Waals surface area contributed by atoms with Gasteiger partial charge in [-0.15, -0.1) is 6.58 Å². The molecule has 1 rings (SSSR count). The van der Waals surface area contributed by atoms with E-state index in [4.69, 9.17) is 4.74 Å². The van der Waals surface area contributed by atoms with Crippen LogP contribution in [0.3, 0.4) is 0 Å². The second kappa shape index (κ2) is 6.28. The molecule has 0 aliphatic carbocycles. The van der Waals surface area contributed by atoms with Crippen LogP contribution in [0.2, 0.25) is 0 Å². The minimum absolute atomic E-state index is 0.535. The van der Waals surface area contributed by atoms with Gasteiger partial charge in [0.2, 0.25) is 0 Å². The number of rotatable bonds is 6. The van der Waals surface area contributed by atoms with Crippen molar-refractivity contribution in [3.8, 4) is 5.75 Å². The lowest BCUT2D eigenvalue weighted by atomic mass is 10.0. The summed E-state index contributed by atoms with van der Waals surface area (Å²) in [5.41, 5.74) is 1.34. The highest BCUT2D eigenvalue weighted by atomic mass is 16.5. The molecule has 0 N–H and O–H groups in total. The Hall–Kier alpha value is -1.24. The quantitative estimate of drug-likeness (QED) is 0.640. The molecule has 0 amide bonds. The molecule has 0 aromatic heterocycles. The molecule has 82 valence electrons. The molecule has 0 saturated carbocycles. The highest BCUT2D eigenvalue weighted by Crippen LogP contribution is 2.15. The standard InChI is InChI=1S/C14H20O/c1-4-10-15-14-8-6-13(7-9-14)11-12(3)5-2/h5-9,12H,2,4,10-11H2,1,3H3. The Morgan fingerprint density at radius 1 is 1.33 bits per heavy atom. The number of benzene rings is 1. The molecule has 1 unspecified atom stereocenters. The molecule has 1 atom stereocenters. The first kappa shape index (κ1) is 11.8. The fourth-order valence-corrected chi connectivity index (χ4v) is 1.40. The van der Waals surface area contributed by atoms with Crippen LogP contribution in [0, 0.1) is 5.92 Å². The van der Waals surface area contributed by atoms with Crippen LogP contribution in [0.5, 0.6) is 5.75 Å². The lowest BCUT2D eigenvalue weighted by Gasteiger charge is -2.08. The van der Waals surface area contributed by atoms with Gasteiger partial charge in [-0.3, -0.25) is 0 Å². The largest absolute Gasteiger partial charge is 0.494 e. The topological polar surface area (TPSA) is 9.23 Å².